The van der Waals surface area contributed by atoms with Crippen LogP contribution in [0.25, 0.3) is 0 Å². The van der Waals surface area contributed by atoms with Crippen molar-refractivity contribution in [3.63, 3.8) is 0 Å². The monoisotopic (exact) mass is 598 g/mol. The molecular formula is C30H32Cl2N4O5. The van der Waals surface area contributed by atoms with E-state index in [4.69, 9.17) is 32.7 Å². The minimum atomic E-state index is -0.752. The second-order valence-electron chi connectivity index (χ2n) is 9.78. The second kappa shape index (κ2) is 13.6. The minimum Gasteiger partial charge on any atom is -0.497 e. The van der Waals surface area contributed by atoms with Crippen molar-refractivity contribution in [2.75, 3.05) is 26.7 Å². The number of carbonyl (C=O) groups excluding carboxylic acids is 3. The highest BCUT2D eigenvalue weighted by Crippen LogP contribution is 2.33. The van der Waals surface area contributed by atoms with E-state index in [9.17, 15) is 14.4 Å². The highest BCUT2D eigenvalue weighted by atomic mass is 35.5. The van der Waals surface area contributed by atoms with Crippen LogP contribution in [0, 0.1) is 0 Å². The van der Waals surface area contributed by atoms with E-state index in [0.29, 0.717) is 51.3 Å². The molecule has 0 aliphatic carbocycles. The number of piperazine rings is 1. The first kappa shape index (κ1) is 30.0. The number of halogens is 2. The second-order valence-corrected chi connectivity index (χ2v) is 10.7. The van der Waals surface area contributed by atoms with Crippen molar-refractivity contribution in [1.29, 1.82) is 0 Å². The van der Waals surface area contributed by atoms with Crippen LogP contribution < -0.4 is 25.4 Å². The van der Waals surface area contributed by atoms with Crippen LogP contribution in [0.3, 0.4) is 0 Å². The van der Waals surface area contributed by atoms with Gasteiger partial charge in [0.2, 0.25) is 5.91 Å². The lowest BCUT2D eigenvalue weighted by Gasteiger charge is -2.33. The van der Waals surface area contributed by atoms with Crippen LogP contribution in [-0.4, -0.2) is 55.6 Å². The first-order chi connectivity index (χ1) is 19.6. The minimum absolute atomic E-state index is 0.0705. The summed E-state index contributed by atoms with van der Waals surface area (Å²) in [6.07, 6.45) is -0.191. The molecule has 1 fully saturated rings. The fraction of sp³-hybridized carbons (Fsp3) is 0.300. The predicted molar refractivity (Wildman–Crippen MR) is 158 cm³/mol. The number of urea groups is 1. The van der Waals surface area contributed by atoms with E-state index in [2.05, 4.69) is 16.0 Å². The predicted octanol–water partition coefficient (Wildman–Crippen LogP) is 5.14. The van der Waals surface area contributed by atoms with Gasteiger partial charge in [-0.05, 0) is 61.4 Å². The highest BCUT2D eigenvalue weighted by Gasteiger charge is 2.32. The van der Waals surface area contributed by atoms with E-state index in [1.165, 1.54) is 12.0 Å². The van der Waals surface area contributed by atoms with Crippen molar-refractivity contribution >= 4 is 41.0 Å². The smallest absolute Gasteiger partial charge is 0.318 e. The van der Waals surface area contributed by atoms with Crippen LogP contribution in [0.1, 0.15) is 47.4 Å². The zero-order valence-corrected chi connectivity index (χ0v) is 24.5. The summed E-state index contributed by atoms with van der Waals surface area (Å²) in [7, 11) is 1.54. The van der Waals surface area contributed by atoms with Crippen molar-refractivity contribution in [2.45, 2.75) is 32.0 Å². The number of rotatable bonds is 9. The summed E-state index contributed by atoms with van der Waals surface area (Å²) >= 11 is 12.4. The van der Waals surface area contributed by atoms with Crippen molar-refractivity contribution in [3.8, 4) is 11.5 Å². The number of amides is 4. The number of hydrogen-bond acceptors (Lipinski definition) is 5. The van der Waals surface area contributed by atoms with Crippen LogP contribution >= 0.6 is 23.2 Å². The Labute approximate surface area is 249 Å². The summed E-state index contributed by atoms with van der Waals surface area (Å²) in [6.45, 7) is 4.37. The van der Waals surface area contributed by atoms with Crippen LogP contribution in [0.4, 0.5) is 4.79 Å². The van der Waals surface area contributed by atoms with E-state index < -0.39 is 24.0 Å². The number of carbonyl (C=O) groups is 3. The molecule has 11 heteroatoms. The van der Waals surface area contributed by atoms with Gasteiger partial charge >= 0.3 is 6.03 Å². The van der Waals surface area contributed by atoms with Crippen LogP contribution in [-0.2, 0) is 4.79 Å². The molecule has 216 valence electrons. The molecule has 0 unspecified atom stereocenters. The number of nitrogens with zero attached hydrogens (tertiary/aromatic N) is 1. The third kappa shape index (κ3) is 7.83. The molecule has 1 heterocycles. The lowest BCUT2D eigenvalue weighted by molar-refractivity contribution is -0.123. The molecule has 0 saturated carbocycles. The number of ether oxygens (including phenoxy) is 2. The van der Waals surface area contributed by atoms with E-state index >= 15 is 0 Å². The van der Waals surface area contributed by atoms with Crippen molar-refractivity contribution in [3.05, 3.63) is 93.5 Å². The van der Waals surface area contributed by atoms with Gasteiger partial charge in [0.25, 0.3) is 5.91 Å². The molecule has 3 aromatic rings. The zero-order chi connectivity index (χ0) is 29.5. The molecule has 1 aliphatic rings. The Morgan fingerprint density at radius 3 is 2.02 bits per heavy atom. The molecule has 9 nitrogen and oxygen atoms in total. The Morgan fingerprint density at radius 1 is 0.902 bits per heavy atom. The zero-order valence-electron chi connectivity index (χ0n) is 22.9. The van der Waals surface area contributed by atoms with Gasteiger partial charge in [0, 0.05) is 29.2 Å². The first-order valence-corrected chi connectivity index (χ1v) is 13.9. The Bertz CT molecular complexity index is 1380. The Kier molecular flexibility index (Phi) is 9.96. The van der Waals surface area contributed by atoms with Gasteiger partial charge in [-0.15, -0.1) is 0 Å². The molecule has 41 heavy (non-hydrogen) atoms. The molecule has 1 aliphatic heterocycles. The summed E-state index contributed by atoms with van der Waals surface area (Å²) in [5.41, 5.74) is 1.68. The Morgan fingerprint density at radius 2 is 1.49 bits per heavy atom. The fourth-order valence-electron chi connectivity index (χ4n) is 4.48. The summed E-state index contributed by atoms with van der Waals surface area (Å²) in [5.74, 6) is 0.240. The largest absolute Gasteiger partial charge is 0.497 e. The molecule has 4 amide bonds. The molecule has 2 atom stereocenters. The van der Waals surface area contributed by atoms with Gasteiger partial charge in [-0.2, -0.15) is 0 Å². The maximum absolute atomic E-state index is 13.9. The molecule has 3 N–H and O–H groups in total. The third-order valence-electron chi connectivity index (χ3n) is 6.48. The molecule has 0 aromatic heterocycles. The number of methoxy groups -OCH3 is 1. The van der Waals surface area contributed by atoms with E-state index in [-0.39, 0.29) is 18.6 Å². The van der Waals surface area contributed by atoms with Gasteiger partial charge in [0.05, 0.1) is 30.9 Å². The molecule has 0 bridgehead atoms. The van der Waals surface area contributed by atoms with Gasteiger partial charge in [-0.25, -0.2) is 4.79 Å². The standard InChI is InChI=1S/C30H32Cl2N4O5/c1-18(2)41-25-16-23(40-3)12-13-24(25)29(38)34-27(19-4-8-21(31)9-5-19)28(20-6-10-22(32)11-7-20)35-30(39)36-15-14-33-26(37)17-36/h4-13,16,18,27-28H,14-15,17H2,1-3H3,(H,33,37)(H,34,38)(H,35,39)/t27-,28+/m0/s1. The third-order valence-corrected chi connectivity index (χ3v) is 6.98. The van der Waals surface area contributed by atoms with Crippen molar-refractivity contribution in [1.82, 2.24) is 20.9 Å². The molecule has 0 radical (unpaired) electrons. The van der Waals surface area contributed by atoms with Crippen LogP contribution in [0.15, 0.2) is 66.7 Å². The SMILES string of the molecule is COc1ccc(C(=O)N[C@@H](c2ccc(Cl)cc2)[C@H](NC(=O)N2CCNC(=O)C2)c2ccc(Cl)cc2)c(OC(C)C)c1. The van der Waals surface area contributed by atoms with Gasteiger partial charge in [-0.1, -0.05) is 47.5 Å². The molecule has 0 spiro atoms. The van der Waals surface area contributed by atoms with E-state index in [1.54, 1.807) is 66.7 Å². The number of benzene rings is 3. The molecule has 1 saturated heterocycles. The van der Waals surface area contributed by atoms with Gasteiger partial charge < -0.3 is 30.3 Å². The van der Waals surface area contributed by atoms with E-state index in [0.717, 1.165) is 0 Å². The summed E-state index contributed by atoms with van der Waals surface area (Å²) in [5, 5.41) is 9.90. The maximum Gasteiger partial charge on any atom is 0.318 e. The quantitative estimate of drug-likeness (QED) is 0.316. The summed E-state index contributed by atoms with van der Waals surface area (Å²) in [6, 6.07) is 17.0. The van der Waals surface area contributed by atoms with Crippen LogP contribution in [0.5, 0.6) is 11.5 Å². The summed E-state index contributed by atoms with van der Waals surface area (Å²) in [4.78, 5) is 40.7. The molecule has 3 aromatic carbocycles. The number of nitrogens with one attached hydrogen (secondary N) is 3. The van der Waals surface area contributed by atoms with E-state index in [1.807, 2.05) is 13.8 Å². The van der Waals surface area contributed by atoms with Gasteiger partial charge in [-0.3, -0.25) is 9.59 Å². The van der Waals surface area contributed by atoms with Crippen LogP contribution in [0.2, 0.25) is 10.0 Å². The molecular weight excluding hydrogens is 567 g/mol. The van der Waals surface area contributed by atoms with Crippen molar-refractivity contribution < 1.29 is 23.9 Å². The average Bonchev–Trinajstić information content (AvgIpc) is 2.95. The van der Waals surface area contributed by atoms with Crippen molar-refractivity contribution in [2.24, 2.45) is 0 Å². The number of hydrogen-bond donors (Lipinski definition) is 3. The normalized spacial score (nSPS) is 14.6. The topological polar surface area (TPSA) is 109 Å². The first-order valence-electron chi connectivity index (χ1n) is 13.1. The highest BCUT2D eigenvalue weighted by molar-refractivity contribution is 6.30. The summed E-state index contributed by atoms with van der Waals surface area (Å²) < 4.78 is 11.3. The average molecular weight is 600 g/mol. The lowest BCUT2D eigenvalue weighted by Crippen LogP contribution is -2.54. The Hall–Kier alpha value is -3.95. The lowest BCUT2D eigenvalue weighted by atomic mass is 9.92. The molecule has 4 rings (SSSR count). The van der Waals surface area contributed by atoms with Gasteiger partial charge in [0.15, 0.2) is 0 Å². The van der Waals surface area contributed by atoms with Gasteiger partial charge in [0.1, 0.15) is 18.0 Å². The maximum atomic E-state index is 13.9. The Balaban J connectivity index is 1.75. The fourth-order valence-corrected chi connectivity index (χ4v) is 4.73.